The lowest BCUT2D eigenvalue weighted by molar-refractivity contribution is 0.0696. The summed E-state index contributed by atoms with van der Waals surface area (Å²) in [7, 11) is 0. The lowest BCUT2D eigenvalue weighted by atomic mass is 10.1. The zero-order valence-corrected chi connectivity index (χ0v) is 10.4. The number of benzene rings is 1. The van der Waals surface area contributed by atoms with Crippen molar-refractivity contribution in [1.82, 2.24) is 0 Å². The molecule has 2 rings (SSSR count). The van der Waals surface area contributed by atoms with Crippen molar-refractivity contribution in [2.24, 2.45) is 0 Å². The smallest absolute Gasteiger partial charge is 0.335 e. The topological polar surface area (TPSA) is 37.3 Å². The molecular formula is C12H9FO2S2. The molecule has 0 amide bonds. The number of hydrogen-bond donors (Lipinski definition) is 1. The molecule has 0 saturated carbocycles. The minimum atomic E-state index is -1.10. The Kier molecular flexibility index (Phi) is 3.81. The Morgan fingerprint density at radius 1 is 1.41 bits per heavy atom. The summed E-state index contributed by atoms with van der Waals surface area (Å²) in [6.45, 7) is 0. The first-order valence-corrected chi connectivity index (χ1v) is 6.71. The lowest BCUT2D eigenvalue weighted by Crippen LogP contribution is -1.98. The molecule has 5 heteroatoms. The third-order valence-electron chi connectivity index (χ3n) is 2.08. The summed E-state index contributed by atoms with van der Waals surface area (Å²) in [6.07, 6.45) is 0. The Bertz CT molecular complexity index is 523. The van der Waals surface area contributed by atoms with Gasteiger partial charge < -0.3 is 5.11 Å². The van der Waals surface area contributed by atoms with Crippen LogP contribution < -0.4 is 0 Å². The van der Waals surface area contributed by atoms with Gasteiger partial charge in [0, 0.05) is 5.75 Å². The zero-order chi connectivity index (χ0) is 12.3. The van der Waals surface area contributed by atoms with Crippen LogP contribution in [0.15, 0.2) is 39.9 Å². The van der Waals surface area contributed by atoms with Gasteiger partial charge in [-0.15, -0.1) is 23.1 Å². The number of carbonyl (C=O) groups is 1. The number of thioether (sulfide) groups is 1. The van der Waals surface area contributed by atoms with E-state index in [4.69, 9.17) is 5.11 Å². The summed E-state index contributed by atoms with van der Waals surface area (Å²) in [5.41, 5.74) is 0.674. The number of thiophene rings is 1. The van der Waals surface area contributed by atoms with Crippen LogP contribution in [0.2, 0.25) is 0 Å². The van der Waals surface area contributed by atoms with Crippen LogP contribution in [0.25, 0.3) is 0 Å². The van der Waals surface area contributed by atoms with E-state index in [0.717, 1.165) is 10.3 Å². The number of carboxylic acid groups (broad SMARTS) is 1. The Morgan fingerprint density at radius 2 is 2.24 bits per heavy atom. The van der Waals surface area contributed by atoms with E-state index in [9.17, 15) is 9.18 Å². The standard InChI is InChI=1S/C12H9FO2S2/c13-10-5-8(4-9(6-10)12(14)15)7-17-11-2-1-3-16-11/h1-6H,7H2,(H,14,15). The molecule has 0 radical (unpaired) electrons. The van der Waals surface area contributed by atoms with Gasteiger partial charge in [0.05, 0.1) is 9.77 Å². The van der Waals surface area contributed by atoms with Crippen molar-refractivity contribution >= 4 is 29.1 Å². The molecule has 0 aliphatic rings. The Morgan fingerprint density at radius 3 is 2.88 bits per heavy atom. The minimum Gasteiger partial charge on any atom is -0.478 e. The van der Waals surface area contributed by atoms with Crippen LogP contribution in [0.5, 0.6) is 0 Å². The van der Waals surface area contributed by atoms with Crippen LogP contribution >= 0.6 is 23.1 Å². The van der Waals surface area contributed by atoms with Gasteiger partial charge >= 0.3 is 5.97 Å². The van der Waals surface area contributed by atoms with Gasteiger partial charge in [-0.25, -0.2) is 9.18 Å². The maximum absolute atomic E-state index is 13.2. The Hall–Kier alpha value is -1.33. The average molecular weight is 268 g/mol. The van der Waals surface area contributed by atoms with Crippen molar-refractivity contribution < 1.29 is 14.3 Å². The number of hydrogen-bond acceptors (Lipinski definition) is 3. The molecule has 0 aliphatic carbocycles. The SMILES string of the molecule is O=C(O)c1cc(F)cc(CSc2cccs2)c1. The monoisotopic (exact) mass is 268 g/mol. The molecule has 0 saturated heterocycles. The second kappa shape index (κ2) is 5.33. The quantitative estimate of drug-likeness (QED) is 0.855. The van der Waals surface area contributed by atoms with Gasteiger partial charge in [0.2, 0.25) is 0 Å². The van der Waals surface area contributed by atoms with Gasteiger partial charge in [-0.05, 0) is 35.2 Å². The fourth-order valence-corrected chi connectivity index (χ4v) is 3.07. The van der Waals surface area contributed by atoms with E-state index >= 15 is 0 Å². The maximum Gasteiger partial charge on any atom is 0.335 e. The van der Waals surface area contributed by atoms with E-state index < -0.39 is 11.8 Å². The number of carboxylic acids is 1. The van der Waals surface area contributed by atoms with Crippen molar-refractivity contribution in [3.8, 4) is 0 Å². The predicted molar refractivity (Wildman–Crippen MR) is 67.2 cm³/mol. The van der Waals surface area contributed by atoms with E-state index in [1.165, 1.54) is 12.1 Å². The highest BCUT2D eigenvalue weighted by molar-refractivity contribution is 8.00. The van der Waals surface area contributed by atoms with Crippen LogP contribution in [-0.4, -0.2) is 11.1 Å². The zero-order valence-electron chi connectivity index (χ0n) is 8.72. The molecule has 1 aromatic carbocycles. The van der Waals surface area contributed by atoms with E-state index in [1.54, 1.807) is 23.1 Å². The van der Waals surface area contributed by atoms with Crippen molar-refractivity contribution in [3.05, 3.63) is 52.7 Å². The van der Waals surface area contributed by atoms with E-state index in [-0.39, 0.29) is 5.56 Å². The molecule has 0 spiro atoms. The molecular weight excluding hydrogens is 259 g/mol. The first-order chi connectivity index (χ1) is 8.15. The average Bonchev–Trinajstić information content (AvgIpc) is 2.78. The summed E-state index contributed by atoms with van der Waals surface area (Å²) < 4.78 is 14.3. The summed E-state index contributed by atoms with van der Waals surface area (Å²) >= 11 is 3.18. The fourth-order valence-electron chi connectivity index (χ4n) is 1.36. The molecule has 0 fully saturated rings. The van der Waals surface area contributed by atoms with Crippen molar-refractivity contribution in [3.63, 3.8) is 0 Å². The first-order valence-electron chi connectivity index (χ1n) is 4.84. The molecule has 88 valence electrons. The van der Waals surface area contributed by atoms with Crippen LogP contribution in [0.3, 0.4) is 0 Å². The van der Waals surface area contributed by atoms with E-state index in [0.29, 0.717) is 11.3 Å². The Labute approximate surface area is 106 Å². The predicted octanol–water partition coefficient (Wildman–Crippen LogP) is 3.88. The largest absolute Gasteiger partial charge is 0.478 e. The summed E-state index contributed by atoms with van der Waals surface area (Å²) in [5, 5.41) is 10.8. The third-order valence-corrected chi connectivity index (χ3v) is 4.28. The van der Waals surface area contributed by atoms with Crippen molar-refractivity contribution in [1.29, 1.82) is 0 Å². The molecule has 2 aromatic rings. The van der Waals surface area contributed by atoms with Crippen molar-refractivity contribution in [2.45, 2.75) is 9.96 Å². The minimum absolute atomic E-state index is 0.00761. The molecule has 0 unspecified atom stereocenters. The third kappa shape index (κ3) is 3.31. The Balaban J connectivity index is 2.13. The van der Waals surface area contributed by atoms with Gasteiger partial charge in [-0.3, -0.25) is 0 Å². The number of rotatable bonds is 4. The van der Waals surface area contributed by atoms with Gasteiger partial charge in [-0.1, -0.05) is 6.07 Å². The molecule has 17 heavy (non-hydrogen) atoms. The van der Waals surface area contributed by atoms with Gasteiger partial charge in [0.1, 0.15) is 5.82 Å². The van der Waals surface area contributed by atoms with E-state index in [2.05, 4.69) is 0 Å². The summed E-state index contributed by atoms with van der Waals surface area (Å²) in [6, 6.07) is 7.83. The molecule has 1 aromatic heterocycles. The summed E-state index contributed by atoms with van der Waals surface area (Å²) in [4.78, 5) is 10.8. The van der Waals surface area contributed by atoms with Gasteiger partial charge in [-0.2, -0.15) is 0 Å². The first kappa shape index (κ1) is 12.1. The maximum atomic E-state index is 13.2. The van der Waals surface area contributed by atoms with Gasteiger partial charge in [0.15, 0.2) is 0 Å². The van der Waals surface area contributed by atoms with Crippen LogP contribution in [0.4, 0.5) is 4.39 Å². The highest BCUT2D eigenvalue weighted by atomic mass is 32.2. The van der Waals surface area contributed by atoms with Crippen LogP contribution in [-0.2, 0) is 5.75 Å². The number of halogens is 1. The normalized spacial score (nSPS) is 10.4. The van der Waals surface area contributed by atoms with E-state index in [1.807, 2.05) is 17.5 Å². The van der Waals surface area contributed by atoms with Crippen LogP contribution in [0, 0.1) is 5.82 Å². The summed E-state index contributed by atoms with van der Waals surface area (Å²) in [5.74, 6) is -1.04. The highest BCUT2D eigenvalue weighted by Crippen LogP contribution is 2.27. The van der Waals surface area contributed by atoms with Crippen molar-refractivity contribution in [2.75, 3.05) is 0 Å². The fraction of sp³-hybridized carbons (Fsp3) is 0.0833. The molecule has 2 nitrogen and oxygen atoms in total. The van der Waals surface area contributed by atoms with Crippen LogP contribution in [0.1, 0.15) is 15.9 Å². The molecule has 0 aliphatic heterocycles. The molecule has 1 N–H and O–H groups in total. The lowest BCUT2D eigenvalue weighted by Gasteiger charge is -2.02. The second-order valence-electron chi connectivity index (χ2n) is 3.37. The highest BCUT2D eigenvalue weighted by Gasteiger charge is 2.07. The second-order valence-corrected chi connectivity index (χ2v) is 5.60. The molecule has 1 heterocycles. The van der Waals surface area contributed by atoms with Gasteiger partial charge in [0.25, 0.3) is 0 Å². The molecule has 0 atom stereocenters. The number of aromatic carboxylic acids is 1. The molecule has 0 bridgehead atoms.